The van der Waals surface area contributed by atoms with Crippen LogP contribution in [0.25, 0.3) is 22.2 Å². The Morgan fingerprint density at radius 3 is 2.62 bits per heavy atom. The first kappa shape index (κ1) is 18.7. The molecule has 0 radical (unpaired) electrons. The van der Waals surface area contributed by atoms with Gasteiger partial charge in [0.1, 0.15) is 17.5 Å². The highest BCUT2D eigenvalue weighted by Crippen LogP contribution is 2.35. The third kappa shape index (κ3) is 3.67. The van der Waals surface area contributed by atoms with Crippen molar-refractivity contribution in [1.29, 1.82) is 0 Å². The summed E-state index contributed by atoms with van der Waals surface area (Å²) in [5.74, 6) is 1.27. The van der Waals surface area contributed by atoms with Crippen molar-refractivity contribution in [3.63, 3.8) is 0 Å². The van der Waals surface area contributed by atoms with Crippen molar-refractivity contribution >= 4 is 28.5 Å². The van der Waals surface area contributed by atoms with Gasteiger partial charge in [0.15, 0.2) is 0 Å². The minimum atomic E-state index is -0.795. The molecule has 29 heavy (non-hydrogen) atoms. The molecule has 5 nitrogen and oxygen atoms in total. The van der Waals surface area contributed by atoms with Gasteiger partial charge in [-0.3, -0.25) is 9.97 Å². The second-order valence-corrected chi connectivity index (χ2v) is 8.25. The van der Waals surface area contributed by atoms with Gasteiger partial charge in [0.05, 0.1) is 17.1 Å². The highest BCUT2D eigenvalue weighted by molar-refractivity contribution is 6.34. The topological polar surface area (TPSA) is 53.9 Å². The molecule has 0 spiro atoms. The lowest BCUT2D eigenvalue weighted by Crippen LogP contribution is -2.27. The lowest BCUT2D eigenvalue weighted by atomic mass is 9.93. The highest BCUT2D eigenvalue weighted by Gasteiger charge is 2.24. The molecule has 0 saturated carbocycles. The van der Waals surface area contributed by atoms with Crippen LogP contribution in [0.15, 0.2) is 36.7 Å². The fraction of sp³-hybridized carbons (Fsp3) is 0.409. The van der Waals surface area contributed by atoms with Crippen LogP contribution in [0.1, 0.15) is 30.9 Å². The minimum absolute atomic E-state index is 0.383. The summed E-state index contributed by atoms with van der Waals surface area (Å²) in [6.07, 6.45) is 5.52. The molecule has 2 fully saturated rings. The van der Waals surface area contributed by atoms with Crippen molar-refractivity contribution in [2.45, 2.75) is 31.4 Å². The molecule has 5 heterocycles. The van der Waals surface area contributed by atoms with Crippen molar-refractivity contribution in [2.24, 2.45) is 0 Å². The molecular formula is C22H23ClFN5. The van der Waals surface area contributed by atoms with Gasteiger partial charge in [-0.05, 0) is 50.6 Å². The van der Waals surface area contributed by atoms with Crippen LogP contribution in [0, 0.1) is 0 Å². The number of fused-ring (bicyclic) bond motifs is 1. The molecule has 1 atom stereocenters. The van der Waals surface area contributed by atoms with Gasteiger partial charge in [-0.25, -0.2) is 9.37 Å². The van der Waals surface area contributed by atoms with Gasteiger partial charge >= 0.3 is 0 Å². The molecule has 0 amide bonds. The predicted molar refractivity (Wildman–Crippen MR) is 114 cm³/mol. The summed E-state index contributed by atoms with van der Waals surface area (Å²) >= 11 is 6.55. The Kier molecular flexibility index (Phi) is 5.06. The molecule has 0 aliphatic carbocycles. The van der Waals surface area contributed by atoms with Gasteiger partial charge in [-0.1, -0.05) is 17.7 Å². The first-order valence-corrected chi connectivity index (χ1v) is 10.6. The SMILES string of the molecule is FC1CCN(c2ccc3ncc(Cl)c(-c4ccc(C5CCNCC5)nc4)c3n2)C1. The molecule has 5 rings (SSSR count). The summed E-state index contributed by atoms with van der Waals surface area (Å²) in [7, 11) is 0. The Bertz CT molecular complexity index is 1020. The van der Waals surface area contributed by atoms with Crippen LogP contribution in [0.5, 0.6) is 0 Å². The van der Waals surface area contributed by atoms with E-state index in [1.54, 1.807) is 6.20 Å². The zero-order valence-electron chi connectivity index (χ0n) is 16.1. The van der Waals surface area contributed by atoms with Crippen molar-refractivity contribution in [1.82, 2.24) is 20.3 Å². The number of halogens is 2. The number of anilines is 1. The average Bonchev–Trinajstić information content (AvgIpc) is 3.20. The fourth-order valence-corrected chi connectivity index (χ4v) is 4.57. The van der Waals surface area contributed by atoms with Gasteiger partial charge in [0, 0.05) is 41.7 Å². The normalized spacial score (nSPS) is 20.5. The Morgan fingerprint density at radius 1 is 1.03 bits per heavy atom. The number of nitrogens with one attached hydrogen (secondary N) is 1. The molecule has 2 aliphatic heterocycles. The maximum atomic E-state index is 13.7. The van der Waals surface area contributed by atoms with Crippen LogP contribution in [0.2, 0.25) is 5.02 Å². The molecule has 2 saturated heterocycles. The quantitative estimate of drug-likeness (QED) is 0.694. The van der Waals surface area contributed by atoms with Gasteiger partial charge in [0.25, 0.3) is 0 Å². The average molecular weight is 412 g/mol. The number of rotatable bonds is 3. The van der Waals surface area contributed by atoms with Crippen molar-refractivity contribution < 1.29 is 4.39 Å². The van der Waals surface area contributed by atoms with Crippen molar-refractivity contribution in [3.8, 4) is 11.1 Å². The zero-order chi connectivity index (χ0) is 19.8. The van der Waals surface area contributed by atoms with E-state index in [0.717, 1.165) is 59.6 Å². The largest absolute Gasteiger partial charge is 0.354 e. The van der Waals surface area contributed by atoms with E-state index >= 15 is 0 Å². The standard InChI is InChI=1S/C22H23ClFN5/c23-17-12-27-19-3-4-20(29-10-7-16(24)13-29)28-22(19)21(17)15-1-2-18(26-11-15)14-5-8-25-9-6-14/h1-4,11-12,14,16,25H,5-10,13H2. The molecular weight excluding hydrogens is 389 g/mol. The van der Waals surface area contributed by atoms with Gasteiger partial charge in [0.2, 0.25) is 0 Å². The van der Waals surface area contributed by atoms with Gasteiger partial charge in [-0.15, -0.1) is 0 Å². The molecule has 1 unspecified atom stereocenters. The third-order valence-corrected chi connectivity index (χ3v) is 6.23. The number of piperidine rings is 1. The summed E-state index contributed by atoms with van der Waals surface area (Å²) in [4.78, 5) is 16.0. The Labute approximate surface area is 174 Å². The summed E-state index contributed by atoms with van der Waals surface area (Å²) in [5, 5.41) is 3.94. The van der Waals surface area contributed by atoms with E-state index in [1.165, 1.54) is 0 Å². The van der Waals surface area contributed by atoms with Crippen LogP contribution in [-0.4, -0.2) is 47.3 Å². The predicted octanol–water partition coefficient (Wildman–Crippen LogP) is 4.36. The summed E-state index contributed by atoms with van der Waals surface area (Å²) in [5.41, 5.74) is 4.39. The monoisotopic (exact) mass is 411 g/mol. The number of aromatic nitrogens is 3. The Balaban J connectivity index is 1.53. The zero-order valence-corrected chi connectivity index (χ0v) is 16.9. The first-order valence-electron chi connectivity index (χ1n) is 10.2. The van der Waals surface area contributed by atoms with E-state index in [4.69, 9.17) is 21.6 Å². The van der Waals surface area contributed by atoms with E-state index in [1.807, 2.05) is 23.2 Å². The summed E-state index contributed by atoms with van der Waals surface area (Å²) in [6.45, 7) is 3.14. The molecule has 3 aromatic rings. The lowest BCUT2D eigenvalue weighted by molar-refractivity contribution is 0.364. The van der Waals surface area contributed by atoms with Gasteiger partial charge < -0.3 is 10.2 Å². The molecule has 150 valence electrons. The van der Waals surface area contributed by atoms with E-state index in [2.05, 4.69) is 22.4 Å². The van der Waals surface area contributed by atoms with Crippen LogP contribution < -0.4 is 10.2 Å². The molecule has 3 aromatic heterocycles. The number of nitrogens with zero attached hydrogens (tertiary/aromatic N) is 4. The first-order chi connectivity index (χ1) is 14.2. The Hall–Kier alpha value is -2.31. The van der Waals surface area contributed by atoms with E-state index in [-0.39, 0.29) is 0 Å². The van der Waals surface area contributed by atoms with E-state index in [0.29, 0.717) is 30.5 Å². The number of hydrogen-bond acceptors (Lipinski definition) is 5. The van der Waals surface area contributed by atoms with Crippen molar-refractivity contribution in [3.05, 3.63) is 47.4 Å². The maximum absolute atomic E-state index is 13.7. The smallest absolute Gasteiger partial charge is 0.129 e. The van der Waals surface area contributed by atoms with Crippen LogP contribution in [0.3, 0.4) is 0 Å². The number of pyridine rings is 3. The molecule has 7 heteroatoms. The number of alkyl halides is 1. The fourth-order valence-electron chi connectivity index (χ4n) is 4.32. The van der Waals surface area contributed by atoms with Gasteiger partial charge in [-0.2, -0.15) is 0 Å². The summed E-state index contributed by atoms with van der Waals surface area (Å²) in [6, 6.07) is 8.02. The highest BCUT2D eigenvalue weighted by atomic mass is 35.5. The summed E-state index contributed by atoms with van der Waals surface area (Å²) < 4.78 is 13.7. The van der Waals surface area contributed by atoms with E-state index < -0.39 is 6.17 Å². The lowest BCUT2D eigenvalue weighted by Gasteiger charge is -2.22. The second-order valence-electron chi connectivity index (χ2n) is 7.85. The number of hydrogen-bond donors (Lipinski definition) is 1. The second kappa shape index (κ2) is 7.84. The Morgan fingerprint density at radius 2 is 1.90 bits per heavy atom. The van der Waals surface area contributed by atoms with E-state index in [9.17, 15) is 4.39 Å². The molecule has 0 bridgehead atoms. The molecule has 1 N–H and O–H groups in total. The van der Waals surface area contributed by atoms with Crippen LogP contribution >= 0.6 is 11.6 Å². The maximum Gasteiger partial charge on any atom is 0.129 e. The third-order valence-electron chi connectivity index (χ3n) is 5.94. The van der Waals surface area contributed by atoms with Crippen molar-refractivity contribution in [2.75, 3.05) is 31.1 Å². The molecule has 2 aliphatic rings. The molecule has 0 aromatic carbocycles. The van der Waals surface area contributed by atoms with Crippen LogP contribution in [-0.2, 0) is 0 Å². The van der Waals surface area contributed by atoms with Crippen LogP contribution in [0.4, 0.5) is 10.2 Å². The minimum Gasteiger partial charge on any atom is -0.354 e.